The number of rotatable bonds is 48. The molecule has 2 atom stereocenters. The number of unbranched alkanes of at least 4 members (excludes halogenated alkanes) is 30. The average Bonchev–Trinajstić information content (AvgIpc) is 3.21. The fourth-order valence-electron chi connectivity index (χ4n) is 7.01. The standard InChI is InChI=1S/C48H97NO7/c1-4-7-9-11-13-15-17-19-21-23-25-27-29-31-33-35-38-53-44-47(45-56-48(51)49-37-40-52-41-42-54-43-46(50)6-3)55-39-36-34-32-30-28-26-24-22-20-18-16-14-12-10-8-5-2/h46-47,50H,4-45H2,1-3H3,(H,49,51). The molecule has 0 aliphatic rings. The third-order valence-corrected chi connectivity index (χ3v) is 10.9. The molecule has 0 saturated heterocycles. The molecule has 2 N–H and O–H groups in total. The number of carbonyl (C=O) groups is 1. The summed E-state index contributed by atoms with van der Waals surface area (Å²) in [5, 5.41) is 12.3. The summed E-state index contributed by atoms with van der Waals surface area (Å²) >= 11 is 0. The van der Waals surface area contributed by atoms with Crippen LogP contribution in [0.15, 0.2) is 0 Å². The number of hydrogen-bond donors (Lipinski definition) is 2. The van der Waals surface area contributed by atoms with Crippen molar-refractivity contribution in [2.75, 3.05) is 59.4 Å². The van der Waals surface area contributed by atoms with Crippen LogP contribution in [0.4, 0.5) is 4.79 Å². The van der Waals surface area contributed by atoms with Crippen LogP contribution in [0, 0.1) is 0 Å². The van der Waals surface area contributed by atoms with Crippen LogP contribution in [-0.2, 0) is 23.7 Å². The van der Waals surface area contributed by atoms with E-state index in [9.17, 15) is 9.90 Å². The molecule has 0 aliphatic heterocycles. The lowest BCUT2D eigenvalue weighted by molar-refractivity contribution is -0.0470. The van der Waals surface area contributed by atoms with E-state index >= 15 is 0 Å². The summed E-state index contributed by atoms with van der Waals surface area (Å²) in [5.74, 6) is 0. The molecule has 0 rings (SSSR count). The van der Waals surface area contributed by atoms with Gasteiger partial charge in [-0.15, -0.1) is 0 Å². The van der Waals surface area contributed by atoms with E-state index in [4.69, 9.17) is 23.7 Å². The molecule has 0 aromatic rings. The summed E-state index contributed by atoms with van der Waals surface area (Å²) in [6.45, 7) is 10.4. The van der Waals surface area contributed by atoms with Crippen LogP contribution >= 0.6 is 0 Å². The number of hydrogen-bond acceptors (Lipinski definition) is 7. The molecule has 0 spiro atoms. The van der Waals surface area contributed by atoms with Crippen molar-refractivity contribution in [3.63, 3.8) is 0 Å². The Morgan fingerprint density at radius 2 is 0.804 bits per heavy atom. The van der Waals surface area contributed by atoms with Gasteiger partial charge in [-0.3, -0.25) is 0 Å². The van der Waals surface area contributed by atoms with Crippen molar-refractivity contribution in [2.24, 2.45) is 0 Å². The number of aliphatic hydroxyl groups is 1. The van der Waals surface area contributed by atoms with Crippen molar-refractivity contribution < 1.29 is 33.6 Å². The van der Waals surface area contributed by atoms with Crippen molar-refractivity contribution in [1.29, 1.82) is 0 Å². The van der Waals surface area contributed by atoms with E-state index in [0.717, 1.165) is 19.4 Å². The first-order valence-electron chi connectivity index (χ1n) is 24.6. The van der Waals surface area contributed by atoms with Crippen LogP contribution in [0.1, 0.15) is 233 Å². The number of carbonyl (C=O) groups excluding carboxylic acids is 1. The van der Waals surface area contributed by atoms with E-state index in [1.54, 1.807) is 0 Å². The second-order valence-corrected chi connectivity index (χ2v) is 16.4. The fraction of sp³-hybridized carbons (Fsp3) is 0.979. The van der Waals surface area contributed by atoms with Crippen molar-refractivity contribution in [3.05, 3.63) is 0 Å². The van der Waals surface area contributed by atoms with Gasteiger partial charge in [0.1, 0.15) is 12.7 Å². The van der Waals surface area contributed by atoms with Gasteiger partial charge in [-0.2, -0.15) is 0 Å². The first kappa shape index (κ1) is 55.1. The highest BCUT2D eigenvalue weighted by atomic mass is 16.6. The summed E-state index contributed by atoms with van der Waals surface area (Å²) in [6, 6.07) is 0. The van der Waals surface area contributed by atoms with Gasteiger partial charge in [0, 0.05) is 19.8 Å². The summed E-state index contributed by atoms with van der Waals surface area (Å²) in [4.78, 5) is 12.3. The molecule has 0 heterocycles. The van der Waals surface area contributed by atoms with Gasteiger partial charge in [-0.25, -0.2) is 4.79 Å². The lowest BCUT2D eigenvalue weighted by Gasteiger charge is -2.18. The zero-order chi connectivity index (χ0) is 40.7. The Morgan fingerprint density at radius 1 is 0.429 bits per heavy atom. The zero-order valence-electron chi connectivity index (χ0n) is 37.7. The first-order valence-corrected chi connectivity index (χ1v) is 24.6. The second kappa shape index (κ2) is 48.4. The Hall–Kier alpha value is -0.930. The molecule has 0 aliphatic carbocycles. The summed E-state index contributed by atoms with van der Waals surface area (Å²) in [6.07, 6.45) is 42.8. The quantitative estimate of drug-likeness (QED) is 0.0592. The van der Waals surface area contributed by atoms with E-state index in [1.165, 1.54) is 193 Å². The number of nitrogens with one attached hydrogen (secondary N) is 1. The first-order chi connectivity index (χ1) is 27.6. The van der Waals surface area contributed by atoms with Gasteiger partial charge in [0.2, 0.25) is 0 Å². The minimum absolute atomic E-state index is 0.179. The van der Waals surface area contributed by atoms with Gasteiger partial charge < -0.3 is 34.1 Å². The molecule has 8 heteroatoms. The summed E-state index contributed by atoms with van der Waals surface area (Å²) in [7, 11) is 0. The van der Waals surface area contributed by atoms with Crippen LogP contribution in [0.3, 0.4) is 0 Å². The van der Waals surface area contributed by atoms with E-state index in [1.807, 2.05) is 6.92 Å². The smallest absolute Gasteiger partial charge is 0.407 e. The molecular formula is C48H97NO7. The predicted molar refractivity (Wildman–Crippen MR) is 237 cm³/mol. The lowest BCUT2D eigenvalue weighted by Crippen LogP contribution is -2.33. The van der Waals surface area contributed by atoms with Gasteiger partial charge in [0.05, 0.1) is 39.1 Å². The normalized spacial score (nSPS) is 12.6. The molecular weight excluding hydrogens is 703 g/mol. The van der Waals surface area contributed by atoms with Crippen molar-refractivity contribution in [3.8, 4) is 0 Å². The fourth-order valence-corrected chi connectivity index (χ4v) is 7.01. The van der Waals surface area contributed by atoms with Gasteiger partial charge in [0.25, 0.3) is 0 Å². The molecule has 0 fully saturated rings. The summed E-state index contributed by atoms with van der Waals surface area (Å²) < 4.78 is 28.5. The van der Waals surface area contributed by atoms with Crippen LogP contribution in [0.2, 0.25) is 0 Å². The third kappa shape index (κ3) is 45.8. The molecule has 56 heavy (non-hydrogen) atoms. The van der Waals surface area contributed by atoms with E-state index in [0.29, 0.717) is 52.6 Å². The number of alkyl carbamates (subject to hydrolysis) is 1. The molecule has 0 saturated carbocycles. The highest BCUT2D eigenvalue weighted by Crippen LogP contribution is 2.15. The SMILES string of the molecule is CCCCCCCCCCCCCCCCCCOCC(COC(=O)NCCOCCOCC(O)CC)OCCCCCCCCCCCCCCCCCC. The second-order valence-electron chi connectivity index (χ2n) is 16.4. The maximum Gasteiger partial charge on any atom is 0.407 e. The lowest BCUT2D eigenvalue weighted by atomic mass is 10.0. The van der Waals surface area contributed by atoms with Gasteiger partial charge in [-0.05, 0) is 19.3 Å². The van der Waals surface area contributed by atoms with Crippen LogP contribution in [0.5, 0.6) is 0 Å². The Balaban J connectivity index is 4.05. The zero-order valence-corrected chi connectivity index (χ0v) is 37.7. The monoisotopic (exact) mass is 800 g/mol. The number of ether oxygens (including phenoxy) is 5. The van der Waals surface area contributed by atoms with Crippen LogP contribution < -0.4 is 5.32 Å². The minimum atomic E-state index is -0.468. The minimum Gasteiger partial charge on any atom is -0.447 e. The molecule has 0 aromatic heterocycles. The highest BCUT2D eigenvalue weighted by molar-refractivity contribution is 5.67. The van der Waals surface area contributed by atoms with Gasteiger partial charge in [0.15, 0.2) is 0 Å². The summed E-state index contributed by atoms with van der Waals surface area (Å²) in [5.41, 5.74) is 0. The van der Waals surface area contributed by atoms with Crippen molar-refractivity contribution >= 4 is 6.09 Å². The Bertz CT molecular complexity index is 742. The Labute approximate surface area is 348 Å². The van der Waals surface area contributed by atoms with Crippen molar-refractivity contribution in [1.82, 2.24) is 5.32 Å². The molecule has 0 bridgehead atoms. The van der Waals surface area contributed by atoms with Crippen LogP contribution in [0.25, 0.3) is 0 Å². The van der Waals surface area contributed by atoms with Crippen molar-refractivity contribution in [2.45, 2.75) is 245 Å². The maximum absolute atomic E-state index is 12.3. The predicted octanol–water partition coefficient (Wildman–Crippen LogP) is 13.4. The molecule has 0 aromatic carbocycles. The number of aliphatic hydroxyl groups excluding tert-OH is 1. The molecule has 8 nitrogen and oxygen atoms in total. The molecule has 2 unspecified atom stereocenters. The van der Waals surface area contributed by atoms with Gasteiger partial charge in [-0.1, -0.05) is 213 Å². The van der Waals surface area contributed by atoms with Gasteiger partial charge >= 0.3 is 6.09 Å². The Morgan fingerprint density at radius 3 is 1.23 bits per heavy atom. The number of amides is 1. The molecule has 1 amide bonds. The molecule has 336 valence electrons. The third-order valence-electron chi connectivity index (χ3n) is 10.9. The van der Waals surface area contributed by atoms with E-state index in [2.05, 4.69) is 19.2 Å². The highest BCUT2D eigenvalue weighted by Gasteiger charge is 2.13. The molecule has 0 radical (unpaired) electrons. The Kier molecular flexibility index (Phi) is 47.6. The van der Waals surface area contributed by atoms with E-state index < -0.39 is 12.2 Å². The van der Waals surface area contributed by atoms with E-state index in [-0.39, 0.29) is 12.7 Å². The average molecular weight is 800 g/mol. The maximum atomic E-state index is 12.3. The topological polar surface area (TPSA) is 95.5 Å². The van der Waals surface area contributed by atoms with Crippen LogP contribution in [-0.4, -0.2) is 82.8 Å². The largest absolute Gasteiger partial charge is 0.447 e.